The second-order valence-corrected chi connectivity index (χ2v) is 6.38. The Morgan fingerprint density at radius 2 is 1.44 bits per heavy atom. The molecule has 0 aliphatic rings. The van der Waals surface area contributed by atoms with Crippen LogP contribution in [0.5, 0.6) is 0 Å². The second kappa shape index (κ2) is 17.1. The van der Waals surface area contributed by atoms with Gasteiger partial charge in [-0.1, -0.05) is 44.8 Å². The maximum atomic E-state index is 11.1. The fraction of sp³-hybridized carbons (Fsp3) is 0.650. The van der Waals surface area contributed by atoms with Crippen LogP contribution in [0.15, 0.2) is 35.7 Å². The molecule has 0 aromatic heterocycles. The lowest BCUT2D eigenvalue weighted by Crippen LogP contribution is -2.01. The van der Waals surface area contributed by atoms with Gasteiger partial charge in [0.15, 0.2) is 6.29 Å². The first-order chi connectivity index (χ1) is 13.0. The van der Waals surface area contributed by atoms with E-state index in [1.54, 1.807) is 12.2 Å². The van der Waals surface area contributed by atoms with Crippen molar-refractivity contribution in [2.24, 2.45) is 0 Å². The lowest BCUT2D eigenvalue weighted by molar-refractivity contribution is -0.431. The summed E-state index contributed by atoms with van der Waals surface area (Å²) in [6.07, 6.45) is 17.2. The molecule has 0 bridgehead atoms. The quantitative estimate of drug-likeness (QED) is 0.140. The molecule has 0 saturated carbocycles. The predicted octanol–water partition coefficient (Wildman–Crippen LogP) is 5.67. The molecule has 0 fully saturated rings. The van der Waals surface area contributed by atoms with Gasteiger partial charge in [0.25, 0.3) is 0 Å². The van der Waals surface area contributed by atoms with Gasteiger partial charge in [-0.3, -0.25) is 25.0 Å². The van der Waals surface area contributed by atoms with E-state index >= 15 is 0 Å². The summed E-state index contributed by atoms with van der Waals surface area (Å²) in [5.74, 6) is 0. The smallest absolute Gasteiger partial charge is 0.246 e. The fourth-order valence-corrected chi connectivity index (χ4v) is 2.49. The van der Waals surface area contributed by atoms with E-state index in [0.29, 0.717) is 12.8 Å². The van der Waals surface area contributed by atoms with Gasteiger partial charge in [0.05, 0.1) is 22.7 Å². The molecular weight excluding hydrogens is 348 g/mol. The first kappa shape index (κ1) is 24.7. The summed E-state index contributed by atoms with van der Waals surface area (Å²) in [6.45, 7) is 2.06. The third kappa shape index (κ3) is 14.5. The maximum absolute atomic E-state index is 11.1. The molecule has 0 heterocycles. The van der Waals surface area contributed by atoms with Crippen molar-refractivity contribution in [3.63, 3.8) is 0 Å². The van der Waals surface area contributed by atoms with E-state index in [4.69, 9.17) is 0 Å². The standard InChI is InChI=1S/C20H31N2O5/c1-2-3-4-11-14-19(21(24)25)16-17-20(22(26)27)15-12-9-7-5-6-8-10-13-18-23/h9,12,14,17H,2-8,10-11,13,15-16H2,1H3/b12-9-,19-14+,20-17+. The summed E-state index contributed by atoms with van der Waals surface area (Å²) in [7, 11) is 0. The molecule has 1 radical (unpaired) electrons. The largest absolute Gasteiger partial charge is 0.291 e. The van der Waals surface area contributed by atoms with Gasteiger partial charge < -0.3 is 0 Å². The average molecular weight is 379 g/mol. The van der Waals surface area contributed by atoms with Gasteiger partial charge in [-0.2, -0.15) is 0 Å². The zero-order valence-electron chi connectivity index (χ0n) is 16.2. The van der Waals surface area contributed by atoms with E-state index < -0.39 is 9.85 Å². The Labute approximate surface area is 161 Å². The minimum Gasteiger partial charge on any atom is -0.291 e. The molecule has 0 N–H and O–H groups in total. The summed E-state index contributed by atoms with van der Waals surface area (Å²) in [6, 6.07) is 0. The first-order valence-electron chi connectivity index (χ1n) is 9.69. The highest BCUT2D eigenvalue weighted by molar-refractivity contribution is 5.50. The zero-order valence-corrected chi connectivity index (χ0v) is 16.2. The Balaban J connectivity index is 4.42. The molecule has 0 amide bonds. The SMILES string of the molecule is CCCCC/C=C(\C/C=C(\C/C=C\CCCCCC[C]=O)[N+](=O)[O-])[N+](=O)[O-]. The van der Waals surface area contributed by atoms with Gasteiger partial charge in [0.1, 0.15) is 0 Å². The van der Waals surface area contributed by atoms with Gasteiger partial charge in [-0.05, 0) is 44.3 Å². The number of carbonyl (C=O) groups excluding carboxylic acids is 1. The van der Waals surface area contributed by atoms with E-state index in [2.05, 4.69) is 6.92 Å². The Hall–Kier alpha value is -2.31. The predicted molar refractivity (Wildman–Crippen MR) is 106 cm³/mol. The summed E-state index contributed by atoms with van der Waals surface area (Å²) < 4.78 is 0. The third-order valence-electron chi connectivity index (χ3n) is 4.10. The van der Waals surface area contributed by atoms with E-state index in [0.717, 1.165) is 51.4 Å². The molecule has 0 aromatic carbocycles. The van der Waals surface area contributed by atoms with Gasteiger partial charge in [-0.25, -0.2) is 0 Å². The van der Waals surface area contributed by atoms with Crippen LogP contribution in [-0.2, 0) is 4.79 Å². The molecule has 27 heavy (non-hydrogen) atoms. The van der Waals surface area contributed by atoms with Crippen molar-refractivity contribution < 1.29 is 14.6 Å². The number of rotatable bonds is 17. The summed E-state index contributed by atoms with van der Waals surface area (Å²) in [5.41, 5.74) is -0.00363. The van der Waals surface area contributed by atoms with Crippen LogP contribution in [0.3, 0.4) is 0 Å². The van der Waals surface area contributed by atoms with E-state index in [9.17, 15) is 25.0 Å². The molecule has 151 valence electrons. The number of nitro groups is 2. The highest BCUT2D eigenvalue weighted by Crippen LogP contribution is 2.13. The van der Waals surface area contributed by atoms with Crippen LogP contribution in [0.25, 0.3) is 0 Å². The molecule has 0 aliphatic carbocycles. The molecule has 0 spiro atoms. The second-order valence-electron chi connectivity index (χ2n) is 6.38. The van der Waals surface area contributed by atoms with Crippen molar-refractivity contribution in [3.05, 3.63) is 55.9 Å². The fourth-order valence-electron chi connectivity index (χ4n) is 2.49. The molecule has 0 aromatic rings. The van der Waals surface area contributed by atoms with Crippen molar-refractivity contribution in [2.45, 2.75) is 84.0 Å². The van der Waals surface area contributed by atoms with Gasteiger partial charge >= 0.3 is 0 Å². The van der Waals surface area contributed by atoms with Gasteiger partial charge in [0, 0.05) is 6.42 Å². The van der Waals surface area contributed by atoms with Gasteiger partial charge in [0.2, 0.25) is 11.4 Å². The number of hydrogen-bond donors (Lipinski definition) is 0. The van der Waals surface area contributed by atoms with Crippen LogP contribution in [-0.4, -0.2) is 16.1 Å². The number of hydrogen-bond acceptors (Lipinski definition) is 5. The Kier molecular flexibility index (Phi) is 15.7. The Bertz CT molecular complexity index is 538. The molecule has 0 unspecified atom stereocenters. The molecule has 7 heteroatoms. The van der Waals surface area contributed by atoms with Crippen LogP contribution in [0.4, 0.5) is 0 Å². The number of allylic oxidation sites excluding steroid dienone is 4. The Morgan fingerprint density at radius 3 is 2.07 bits per heavy atom. The van der Waals surface area contributed by atoms with Crippen LogP contribution < -0.4 is 0 Å². The minimum absolute atomic E-state index is 0.0157. The minimum atomic E-state index is -0.477. The lowest BCUT2D eigenvalue weighted by Gasteiger charge is -1.98. The normalized spacial score (nSPS) is 12.5. The van der Waals surface area contributed by atoms with Crippen LogP contribution in [0, 0.1) is 20.2 Å². The highest BCUT2D eigenvalue weighted by atomic mass is 16.6. The van der Waals surface area contributed by atoms with Crippen LogP contribution >= 0.6 is 0 Å². The zero-order chi connectivity index (χ0) is 20.3. The van der Waals surface area contributed by atoms with Crippen molar-refractivity contribution in [3.8, 4) is 0 Å². The van der Waals surface area contributed by atoms with Crippen molar-refractivity contribution in [1.82, 2.24) is 0 Å². The topological polar surface area (TPSA) is 103 Å². The van der Waals surface area contributed by atoms with Gasteiger partial charge in [-0.15, -0.1) is 0 Å². The molecule has 0 rings (SSSR count). The third-order valence-corrected chi connectivity index (χ3v) is 4.10. The summed E-state index contributed by atoms with van der Waals surface area (Å²) in [5, 5.41) is 22.2. The maximum Gasteiger partial charge on any atom is 0.246 e. The molecule has 0 aliphatic heterocycles. The first-order valence-corrected chi connectivity index (χ1v) is 9.69. The van der Waals surface area contributed by atoms with E-state index in [1.807, 2.05) is 12.4 Å². The van der Waals surface area contributed by atoms with Crippen LogP contribution in [0.2, 0.25) is 0 Å². The summed E-state index contributed by atoms with van der Waals surface area (Å²) in [4.78, 5) is 31.3. The number of unbranched alkanes of at least 4 members (excludes halogenated alkanes) is 8. The van der Waals surface area contributed by atoms with E-state index in [-0.39, 0.29) is 24.2 Å². The molecule has 7 nitrogen and oxygen atoms in total. The number of nitrogens with zero attached hydrogens (tertiary/aromatic N) is 2. The Morgan fingerprint density at radius 1 is 0.815 bits per heavy atom. The van der Waals surface area contributed by atoms with Crippen molar-refractivity contribution in [2.75, 3.05) is 0 Å². The summed E-state index contributed by atoms with van der Waals surface area (Å²) >= 11 is 0. The monoisotopic (exact) mass is 379 g/mol. The van der Waals surface area contributed by atoms with Crippen molar-refractivity contribution >= 4 is 6.29 Å². The molecule has 0 saturated heterocycles. The van der Waals surface area contributed by atoms with E-state index in [1.165, 1.54) is 6.08 Å². The average Bonchev–Trinajstić information content (AvgIpc) is 2.63. The molecule has 0 atom stereocenters. The van der Waals surface area contributed by atoms with Crippen LogP contribution in [0.1, 0.15) is 84.0 Å². The molecular formula is C20H31N2O5. The highest BCUT2D eigenvalue weighted by Gasteiger charge is 2.13. The lowest BCUT2D eigenvalue weighted by atomic mass is 10.1. The van der Waals surface area contributed by atoms with Crippen molar-refractivity contribution in [1.29, 1.82) is 0 Å².